The minimum atomic E-state index is 0.467. The number of hydrogen-bond donors (Lipinski definition) is 0. The van der Waals surface area contributed by atoms with E-state index in [1.165, 1.54) is 13.0 Å². The number of nitrogens with zero attached hydrogens (tertiary/aromatic N) is 1. The Kier molecular flexibility index (Phi) is 4.84. The fourth-order valence-electron chi connectivity index (χ4n) is 1.01. The van der Waals surface area contributed by atoms with Crippen molar-refractivity contribution in [1.29, 1.82) is 0 Å². The van der Waals surface area contributed by atoms with Gasteiger partial charge in [-0.1, -0.05) is 34.6 Å². The van der Waals surface area contributed by atoms with Crippen molar-refractivity contribution in [1.82, 2.24) is 4.90 Å². The van der Waals surface area contributed by atoms with E-state index >= 15 is 0 Å². The van der Waals surface area contributed by atoms with E-state index in [9.17, 15) is 0 Å². The highest BCUT2D eigenvalue weighted by molar-refractivity contribution is 4.70. The summed E-state index contributed by atoms with van der Waals surface area (Å²) in [6.07, 6.45) is 1.31. The molecule has 1 heteroatoms. The molecule has 0 saturated heterocycles. The molecule has 0 rings (SSSR count). The quantitative estimate of drug-likeness (QED) is 0.628. The summed E-state index contributed by atoms with van der Waals surface area (Å²) in [4.78, 5) is 2.38. The van der Waals surface area contributed by atoms with Crippen molar-refractivity contribution in [3.05, 3.63) is 0 Å². The summed E-state index contributed by atoms with van der Waals surface area (Å²) in [5.41, 5.74) is 0.467. The van der Waals surface area contributed by atoms with Crippen LogP contribution in [0.25, 0.3) is 0 Å². The van der Waals surface area contributed by atoms with Gasteiger partial charge in [0.2, 0.25) is 0 Å². The summed E-state index contributed by atoms with van der Waals surface area (Å²) in [6, 6.07) is 0. The third-order valence-corrected chi connectivity index (χ3v) is 2.96. The Morgan fingerprint density at radius 1 is 1.25 bits per heavy atom. The predicted octanol–water partition coefficient (Wildman–Crippen LogP) is 3.01. The first-order valence-corrected chi connectivity index (χ1v) is 5.06. The van der Waals surface area contributed by atoms with Crippen molar-refractivity contribution in [2.24, 2.45) is 11.3 Å². The lowest BCUT2D eigenvalue weighted by Crippen LogP contribution is -2.25. The molecule has 0 saturated carbocycles. The van der Waals surface area contributed by atoms with Gasteiger partial charge in [0.1, 0.15) is 0 Å². The zero-order valence-electron chi connectivity index (χ0n) is 9.65. The maximum absolute atomic E-state index is 2.38. The van der Waals surface area contributed by atoms with Crippen LogP contribution in [0.1, 0.15) is 41.0 Å². The van der Waals surface area contributed by atoms with Crippen molar-refractivity contribution in [2.45, 2.75) is 41.0 Å². The second-order valence-corrected chi connectivity index (χ2v) is 4.95. The first-order chi connectivity index (χ1) is 5.38. The molecule has 0 aromatic rings. The normalized spacial score (nSPS) is 15.2. The van der Waals surface area contributed by atoms with Crippen LogP contribution in [0.3, 0.4) is 0 Å². The maximum atomic E-state index is 2.38. The van der Waals surface area contributed by atoms with Crippen LogP contribution in [0.15, 0.2) is 0 Å². The second-order valence-electron chi connectivity index (χ2n) is 4.95. The van der Waals surface area contributed by atoms with Crippen LogP contribution in [0.2, 0.25) is 0 Å². The van der Waals surface area contributed by atoms with Gasteiger partial charge in [-0.2, -0.15) is 0 Å². The zero-order chi connectivity index (χ0) is 9.78. The van der Waals surface area contributed by atoms with Gasteiger partial charge < -0.3 is 4.90 Å². The largest absolute Gasteiger partial charge is 0.307 e. The van der Waals surface area contributed by atoms with Gasteiger partial charge in [0.15, 0.2) is 0 Å². The Balaban J connectivity index is 3.64. The third-order valence-electron chi connectivity index (χ3n) is 2.96. The van der Waals surface area contributed by atoms with Crippen LogP contribution in [0.4, 0.5) is 0 Å². The lowest BCUT2D eigenvalue weighted by molar-refractivity contribution is 0.215. The summed E-state index contributed by atoms with van der Waals surface area (Å²) in [7, 11) is 2.19. The third kappa shape index (κ3) is 4.76. The van der Waals surface area contributed by atoms with Crippen LogP contribution in [0, 0.1) is 11.3 Å². The molecule has 0 amide bonds. The molecule has 0 aromatic carbocycles. The van der Waals surface area contributed by atoms with Crippen molar-refractivity contribution in [2.75, 3.05) is 20.1 Å². The molecule has 0 aliphatic rings. The van der Waals surface area contributed by atoms with E-state index in [0.29, 0.717) is 5.41 Å². The number of hydrogen-bond acceptors (Lipinski definition) is 1. The second kappa shape index (κ2) is 4.86. The Hall–Kier alpha value is -0.0400. The Morgan fingerprint density at radius 2 is 1.75 bits per heavy atom. The van der Waals surface area contributed by atoms with Gasteiger partial charge in [-0.15, -0.1) is 0 Å². The van der Waals surface area contributed by atoms with Crippen molar-refractivity contribution < 1.29 is 0 Å². The van der Waals surface area contributed by atoms with E-state index in [1.807, 2.05) is 0 Å². The van der Waals surface area contributed by atoms with Gasteiger partial charge in [-0.3, -0.25) is 0 Å². The molecular formula is C11H25N. The lowest BCUT2D eigenvalue weighted by Gasteiger charge is -2.28. The Labute approximate surface area is 78.1 Å². The summed E-state index contributed by atoms with van der Waals surface area (Å²) in [5, 5.41) is 0. The van der Waals surface area contributed by atoms with Crippen LogP contribution >= 0.6 is 0 Å². The molecular weight excluding hydrogens is 146 g/mol. The van der Waals surface area contributed by atoms with E-state index in [-0.39, 0.29) is 0 Å². The van der Waals surface area contributed by atoms with E-state index < -0.39 is 0 Å². The smallest absolute Gasteiger partial charge is 0.00192 e. The van der Waals surface area contributed by atoms with E-state index in [1.54, 1.807) is 0 Å². The van der Waals surface area contributed by atoms with Crippen molar-refractivity contribution >= 4 is 0 Å². The molecule has 1 nitrogen and oxygen atoms in total. The Bertz CT molecular complexity index is 113. The van der Waals surface area contributed by atoms with Gasteiger partial charge in [0, 0.05) is 0 Å². The average Bonchev–Trinajstić information content (AvgIpc) is 1.97. The maximum Gasteiger partial charge on any atom is -0.00192 e. The zero-order valence-corrected chi connectivity index (χ0v) is 9.65. The molecule has 0 N–H and O–H groups in total. The molecule has 1 atom stereocenters. The van der Waals surface area contributed by atoms with E-state index in [2.05, 4.69) is 46.6 Å². The van der Waals surface area contributed by atoms with Crippen LogP contribution in [0.5, 0.6) is 0 Å². The molecule has 0 heterocycles. The van der Waals surface area contributed by atoms with Crippen molar-refractivity contribution in [3.63, 3.8) is 0 Å². The van der Waals surface area contributed by atoms with E-state index in [0.717, 1.165) is 12.5 Å². The predicted molar refractivity (Wildman–Crippen MR) is 56.4 cm³/mol. The van der Waals surface area contributed by atoms with Gasteiger partial charge in [0.05, 0.1) is 0 Å². The minimum absolute atomic E-state index is 0.467. The molecule has 0 aromatic heterocycles. The molecule has 0 fully saturated rings. The Morgan fingerprint density at radius 3 is 2.08 bits per heavy atom. The molecule has 0 radical (unpaired) electrons. The fraction of sp³-hybridized carbons (Fsp3) is 1.00. The molecule has 74 valence electrons. The van der Waals surface area contributed by atoms with E-state index in [4.69, 9.17) is 0 Å². The monoisotopic (exact) mass is 171 g/mol. The fourth-order valence-corrected chi connectivity index (χ4v) is 1.01. The summed E-state index contributed by atoms with van der Waals surface area (Å²) in [6.45, 7) is 13.9. The summed E-state index contributed by atoms with van der Waals surface area (Å²) in [5.74, 6) is 0.812. The highest BCUT2D eigenvalue weighted by atomic mass is 15.1. The van der Waals surface area contributed by atoms with Gasteiger partial charge in [0.25, 0.3) is 0 Å². The first-order valence-electron chi connectivity index (χ1n) is 5.06. The molecule has 0 spiro atoms. The van der Waals surface area contributed by atoms with Crippen LogP contribution in [-0.4, -0.2) is 25.0 Å². The standard InChI is InChI=1S/C11H25N/c1-7-12(6)9-8-10(2)11(3,4)5/h10H,7-9H2,1-6H3. The van der Waals surface area contributed by atoms with Crippen LogP contribution in [-0.2, 0) is 0 Å². The summed E-state index contributed by atoms with van der Waals surface area (Å²) >= 11 is 0. The summed E-state index contributed by atoms with van der Waals surface area (Å²) < 4.78 is 0. The highest BCUT2D eigenvalue weighted by Crippen LogP contribution is 2.27. The molecule has 0 bridgehead atoms. The van der Waals surface area contributed by atoms with Crippen LogP contribution < -0.4 is 0 Å². The topological polar surface area (TPSA) is 3.24 Å². The molecule has 1 unspecified atom stereocenters. The first kappa shape index (κ1) is 12.0. The minimum Gasteiger partial charge on any atom is -0.307 e. The molecule has 0 aliphatic heterocycles. The van der Waals surface area contributed by atoms with Crippen molar-refractivity contribution in [3.8, 4) is 0 Å². The SMILES string of the molecule is CCN(C)CCC(C)C(C)(C)C. The molecule has 0 aliphatic carbocycles. The average molecular weight is 171 g/mol. The van der Waals surface area contributed by atoms with Gasteiger partial charge in [-0.05, 0) is 37.9 Å². The van der Waals surface area contributed by atoms with Gasteiger partial charge >= 0.3 is 0 Å². The molecule has 12 heavy (non-hydrogen) atoms. The highest BCUT2D eigenvalue weighted by Gasteiger charge is 2.19. The number of rotatable bonds is 4. The lowest BCUT2D eigenvalue weighted by atomic mass is 9.80. The van der Waals surface area contributed by atoms with Gasteiger partial charge in [-0.25, -0.2) is 0 Å².